The van der Waals surface area contributed by atoms with E-state index in [1.807, 2.05) is 17.9 Å². The first kappa shape index (κ1) is 26.5. The third-order valence-electron chi connectivity index (χ3n) is 7.02. The van der Waals surface area contributed by atoms with Crippen LogP contribution in [0.1, 0.15) is 46.9 Å². The van der Waals surface area contributed by atoms with Crippen molar-refractivity contribution in [2.75, 3.05) is 43.1 Å². The van der Waals surface area contributed by atoms with E-state index in [0.717, 1.165) is 29.7 Å². The maximum atomic E-state index is 13.3. The lowest BCUT2D eigenvalue weighted by Gasteiger charge is -2.33. The fourth-order valence-corrected chi connectivity index (χ4v) is 6.12. The van der Waals surface area contributed by atoms with Crippen LogP contribution in [-0.2, 0) is 22.4 Å². The molecule has 0 bridgehead atoms. The molecule has 5 rings (SSSR count). The number of carbonyl (C=O) groups excluding carboxylic acids is 2. The number of thioether (sulfide) groups is 1. The fourth-order valence-electron chi connectivity index (χ4n) is 4.91. The van der Waals surface area contributed by atoms with Crippen LogP contribution in [0.5, 0.6) is 0 Å². The second kappa shape index (κ2) is 11.8. The molecule has 2 saturated heterocycles. The number of aliphatic hydroxyl groups excluding tert-OH is 1. The van der Waals surface area contributed by atoms with Gasteiger partial charge in [-0.1, -0.05) is 0 Å². The number of aldehydes is 1. The quantitative estimate of drug-likeness (QED) is 0.527. The van der Waals surface area contributed by atoms with Gasteiger partial charge >= 0.3 is 6.03 Å². The molecule has 0 radical (unpaired) electrons. The molecule has 38 heavy (non-hydrogen) atoms. The minimum Gasteiger partial charge on any atom is -0.377 e. The summed E-state index contributed by atoms with van der Waals surface area (Å²) in [7, 11) is 0. The third-order valence-corrected chi connectivity index (χ3v) is 8.54. The molecule has 12 heteroatoms. The number of urea groups is 1. The number of hydrogen-bond donors (Lipinski definition) is 2. The topological polar surface area (TPSA) is 141 Å². The van der Waals surface area contributed by atoms with Gasteiger partial charge in [0.05, 0.1) is 24.9 Å². The average Bonchev–Trinajstić information content (AvgIpc) is 3.33. The summed E-state index contributed by atoms with van der Waals surface area (Å²) in [6.45, 7) is 4.80. The smallest absolute Gasteiger partial charge is 0.328 e. The zero-order chi connectivity index (χ0) is 26.6. The molecule has 2 amide bonds. The minimum absolute atomic E-state index is 0.0806. The summed E-state index contributed by atoms with van der Waals surface area (Å²) >= 11 is 1.56. The van der Waals surface area contributed by atoms with Crippen LogP contribution in [0.4, 0.5) is 16.4 Å². The molecule has 3 aliphatic rings. The molecular weight excluding hydrogens is 508 g/mol. The molecule has 11 nitrogen and oxygen atoms in total. The number of fused-ring (bicyclic) bond motifs is 1. The summed E-state index contributed by atoms with van der Waals surface area (Å²) in [6, 6.07) is 5.40. The van der Waals surface area contributed by atoms with Crippen molar-refractivity contribution in [2.24, 2.45) is 0 Å². The zero-order valence-electron chi connectivity index (χ0n) is 21.1. The third kappa shape index (κ3) is 5.67. The number of pyridine rings is 2. The van der Waals surface area contributed by atoms with Crippen LogP contribution in [0.2, 0.25) is 0 Å². The Morgan fingerprint density at radius 1 is 1.37 bits per heavy atom. The van der Waals surface area contributed by atoms with Crippen LogP contribution >= 0.6 is 11.8 Å². The molecule has 3 aliphatic heterocycles. The lowest BCUT2D eigenvalue weighted by molar-refractivity contribution is -0.109. The van der Waals surface area contributed by atoms with Crippen molar-refractivity contribution < 1.29 is 24.2 Å². The Labute approximate surface area is 225 Å². The van der Waals surface area contributed by atoms with Gasteiger partial charge in [-0.15, -0.1) is 11.8 Å². The molecule has 2 aromatic heterocycles. The van der Waals surface area contributed by atoms with E-state index in [1.54, 1.807) is 17.8 Å². The highest BCUT2D eigenvalue weighted by Crippen LogP contribution is 2.35. The Balaban J connectivity index is 1.35. The molecule has 2 N–H and O–H groups in total. The number of carbonyl (C=O) groups is 2. The molecule has 0 saturated carbocycles. The molecule has 0 spiro atoms. The number of aliphatic hydroxyl groups is 1. The van der Waals surface area contributed by atoms with Gasteiger partial charge in [-0.25, -0.2) is 14.8 Å². The van der Waals surface area contributed by atoms with Gasteiger partial charge in [0.1, 0.15) is 29.6 Å². The van der Waals surface area contributed by atoms with Crippen LogP contribution in [0.3, 0.4) is 0 Å². The Morgan fingerprint density at radius 3 is 2.97 bits per heavy atom. The van der Waals surface area contributed by atoms with Crippen LogP contribution in [0, 0.1) is 11.3 Å². The molecule has 0 aliphatic carbocycles. The highest BCUT2D eigenvalue weighted by atomic mass is 32.2. The highest BCUT2D eigenvalue weighted by molar-refractivity contribution is 8.00. The Kier molecular flexibility index (Phi) is 8.21. The number of hydrogen-bond acceptors (Lipinski definition) is 10. The molecule has 3 atom stereocenters. The molecule has 0 aromatic carbocycles. The first-order chi connectivity index (χ1) is 18.5. The number of nitrogens with one attached hydrogen (secondary N) is 1. The van der Waals surface area contributed by atoms with Crippen molar-refractivity contribution in [1.29, 1.82) is 5.26 Å². The van der Waals surface area contributed by atoms with Crippen LogP contribution in [0.25, 0.3) is 0 Å². The standard InChI is InChI=1S/C26H30N6O5S/c1-16-21(4-7-37-16)38-22-10-23(28-12-19(22)11-27)30-26(35)32-5-2-3-17-9-18(20(14-33)29-25(17)32)13-31-6-8-36-15-24(31)34/h9-10,12,14,16,21,24,34H,2-8,13,15H2,1H3,(H,28,30,35). The first-order valence-corrected chi connectivity index (χ1v) is 13.6. The second-order valence-corrected chi connectivity index (χ2v) is 10.8. The zero-order valence-corrected chi connectivity index (χ0v) is 21.9. The van der Waals surface area contributed by atoms with E-state index in [1.165, 1.54) is 11.1 Å². The van der Waals surface area contributed by atoms with Crippen molar-refractivity contribution in [1.82, 2.24) is 14.9 Å². The van der Waals surface area contributed by atoms with Gasteiger partial charge in [0, 0.05) is 42.6 Å². The molecular formula is C26H30N6O5S. The van der Waals surface area contributed by atoms with E-state index in [4.69, 9.17) is 9.47 Å². The van der Waals surface area contributed by atoms with E-state index in [9.17, 15) is 20.0 Å². The van der Waals surface area contributed by atoms with Crippen molar-refractivity contribution in [3.05, 3.63) is 40.7 Å². The largest absolute Gasteiger partial charge is 0.377 e. The number of nitrogens with zero attached hydrogens (tertiary/aromatic N) is 5. The summed E-state index contributed by atoms with van der Waals surface area (Å²) in [5.74, 6) is 0.783. The van der Waals surface area contributed by atoms with Crippen molar-refractivity contribution in [3.63, 3.8) is 0 Å². The summed E-state index contributed by atoms with van der Waals surface area (Å²) in [4.78, 5) is 38.2. The number of amides is 2. The second-order valence-electron chi connectivity index (χ2n) is 9.54. The monoisotopic (exact) mass is 538 g/mol. The lowest BCUT2D eigenvalue weighted by Crippen LogP contribution is -2.45. The van der Waals surface area contributed by atoms with Gasteiger partial charge in [-0.2, -0.15) is 5.26 Å². The van der Waals surface area contributed by atoms with Gasteiger partial charge in [0.25, 0.3) is 0 Å². The number of aromatic nitrogens is 2. The molecule has 200 valence electrons. The van der Waals surface area contributed by atoms with Crippen LogP contribution in [0.15, 0.2) is 23.2 Å². The fraction of sp³-hybridized carbons (Fsp3) is 0.500. The SMILES string of the molecule is CC1OCCC1Sc1cc(NC(=O)N2CCCc3cc(CN4CCOCC4O)c(C=O)nc32)ncc1C#N. The van der Waals surface area contributed by atoms with E-state index in [0.29, 0.717) is 61.9 Å². The van der Waals surface area contributed by atoms with Crippen molar-refractivity contribution >= 4 is 35.7 Å². The maximum Gasteiger partial charge on any atom is 0.328 e. The molecule has 2 fully saturated rings. The number of anilines is 2. The van der Waals surface area contributed by atoms with E-state index < -0.39 is 12.3 Å². The van der Waals surface area contributed by atoms with Crippen LogP contribution in [-0.4, -0.2) is 82.8 Å². The Bertz CT molecular complexity index is 1250. The number of rotatable bonds is 6. The van der Waals surface area contributed by atoms with Crippen molar-refractivity contribution in [2.45, 2.75) is 55.2 Å². The predicted molar refractivity (Wildman–Crippen MR) is 140 cm³/mol. The van der Waals surface area contributed by atoms with Gasteiger partial charge in [-0.05, 0) is 49.4 Å². The molecule has 3 unspecified atom stereocenters. The van der Waals surface area contributed by atoms with Crippen molar-refractivity contribution in [3.8, 4) is 6.07 Å². The first-order valence-electron chi connectivity index (χ1n) is 12.7. The van der Waals surface area contributed by atoms with Gasteiger partial charge in [0.15, 0.2) is 6.29 Å². The van der Waals surface area contributed by atoms with Crippen LogP contribution < -0.4 is 10.2 Å². The molecule has 5 heterocycles. The Morgan fingerprint density at radius 2 is 2.24 bits per heavy atom. The number of aryl methyl sites for hydroxylation is 1. The number of morpholine rings is 1. The van der Waals surface area contributed by atoms with E-state index >= 15 is 0 Å². The van der Waals surface area contributed by atoms with Gasteiger partial charge < -0.3 is 14.6 Å². The summed E-state index contributed by atoms with van der Waals surface area (Å²) in [5.41, 5.74) is 2.27. The summed E-state index contributed by atoms with van der Waals surface area (Å²) in [5, 5.41) is 22.8. The lowest BCUT2D eigenvalue weighted by atomic mass is 10.0. The summed E-state index contributed by atoms with van der Waals surface area (Å²) < 4.78 is 10.9. The minimum atomic E-state index is -0.742. The average molecular weight is 539 g/mol. The van der Waals surface area contributed by atoms with E-state index in [-0.39, 0.29) is 23.7 Å². The Hall–Kier alpha value is -3.08. The maximum absolute atomic E-state index is 13.3. The van der Waals surface area contributed by atoms with E-state index in [2.05, 4.69) is 21.4 Å². The highest BCUT2D eigenvalue weighted by Gasteiger charge is 2.29. The number of ether oxygens (including phenoxy) is 2. The number of nitriles is 1. The normalized spacial score (nSPS) is 23.5. The predicted octanol–water partition coefficient (Wildman–Crippen LogP) is 2.57. The summed E-state index contributed by atoms with van der Waals surface area (Å²) in [6.07, 6.45) is 3.85. The van der Waals surface area contributed by atoms with Gasteiger partial charge in [-0.3, -0.25) is 19.9 Å². The molecule has 2 aromatic rings. The van der Waals surface area contributed by atoms with Gasteiger partial charge in [0.2, 0.25) is 0 Å².